The Kier molecular flexibility index (Phi) is 7.98. The number of rotatable bonds is 10. The third kappa shape index (κ3) is 6.16. The molecule has 1 unspecified atom stereocenters. The second kappa shape index (κ2) is 12.1. The lowest BCUT2D eigenvalue weighted by molar-refractivity contribution is -0.129. The number of aliphatic hydroxyl groups is 1. The molecule has 0 spiro atoms. The summed E-state index contributed by atoms with van der Waals surface area (Å²) in [5, 5.41) is 10.9. The number of hydrogen-bond donors (Lipinski definition) is 1. The molecular formula is C34H29NO4. The summed E-state index contributed by atoms with van der Waals surface area (Å²) in [6.07, 6.45) is 3.70. The van der Waals surface area contributed by atoms with Gasteiger partial charge in [-0.3, -0.25) is 9.59 Å². The van der Waals surface area contributed by atoms with Crippen LogP contribution < -0.4 is 4.74 Å². The van der Waals surface area contributed by atoms with Gasteiger partial charge in [0.25, 0.3) is 5.91 Å². The fourth-order valence-corrected chi connectivity index (χ4v) is 4.69. The molecule has 5 rings (SSSR count). The van der Waals surface area contributed by atoms with Gasteiger partial charge in [0.15, 0.2) is 11.5 Å². The standard InChI is InChI=1S/C34H29NO4/c36-30(21-16-25-10-4-1-5-11-25)31-32(35(34(38)33(31)37)23-22-26-12-6-2-7-13-26)28-17-19-29(20-18-28)39-24-27-14-8-3-9-15-27/h1-21,32,37H,22-24H2. The molecule has 4 aromatic rings. The van der Waals surface area contributed by atoms with Crippen LogP contribution in [0.3, 0.4) is 0 Å². The zero-order chi connectivity index (χ0) is 27.0. The highest BCUT2D eigenvalue weighted by Crippen LogP contribution is 2.38. The average Bonchev–Trinajstić information content (AvgIpc) is 3.24. The third-order valence-corrected chi connectivity index (χ3v) is 6.72. The van der Waals surface area contributed by atoms with Crippen LogP contribution in [0, 0.1) is 0 Å². The fraction of sp³-hybridized carbons (Fsp3) is 0.118. The van der Waals surface area contributed by atoms with Crippen LogP contribution in [0.2, 0.25) is 0 Å². The Morgan fingerprint density at radius 3 is 2.03 bits per heavy atom. The molecule has 1 heterocycles. The Morgan fingerprint density at radius 1 is 0.795 bits per heavy atom. The van der Waals surface area contributed by atoms with Crippen molar-refractivity contribution < 1.29 is 19.4 Å². The predicted molar refractivity (Wildman–Crippen MR) is 152 cm³/mol. The van der Waals surface area contributed by atoms with Crippen LogP contribution in [0.4, 0.5) is 0 Å². The number of ketones is 1. The second-order valence-electron chi connectivity index (χ2n) is 9.35. The first kappa shape index (κ1) is 25.7. The molecule has 0 bridgehead atoms. The highest BCUT2D eigenvalue weighted by Gasteiger charge is 2.42. The number of carbonyl (C=O) groups is 2. The van der Waals surface area contributed by atoms with E-state index in [2.05, 4.69) is 0 Å². The number of hydrogen-bond acceptors (Lipinski definition) is 4. The van der Waals surface area contributed by atoms with E-state index in [-0.39, 0.29) is 5.57 Å². The number of allylic oxidation sites excluding steroid dienone is 1. The molecule has 194 valence electrons. The van der Waals surface area contributed by atoms with E-state index in [0.29, 0.717) is 25.3 Å². The van der Waals surface area contributed by atoms with Gasteiger partial charge in [0.2, 0.25) is 0 Å². The van der Waals surface area contributed by atoms with Gasteiger partial charge in [0.05, 0.1) is 11.6 Å². The molecule has 0 radical (unpaired) electrons. The van der Waals surface area contributed by atoms with E-state index in [4.69, 9.17) is 4.74 Å². The van der Waals surface area contributed by atoms with E-state index >= 15 is 0 Å². The molecule has 5 heteroatoms. The Hall–Kier alpha value is -4.90. The number of ether oxygens (including phenoxy) is 1. The number of amides is 1. The lowest BCUT2D eigenvalue weighted by Gasteiger charge is -2.27. The first-order valence-electron chi connectivity index (χ1n) is 12.9. The Balaban J connectivity index is 1.41. The normalized spacial score (nSPS) is 15.2. The molecule has 0 saturated carbocycles. The summed E-state index contributed by atoms with van der Waals surface area (Å²) < 4.78 is 5.93. The van der Waals surface area contributed by atoms with Crippen molar-refractivity contribution >= 4 is 17.8 Å². The number of benzene rings is 4. The minimum absolute atomic E-state index is 0.0817. The Bertz CT molecular complexity index is 1480. The van der Waals surface area contributed by atoms with Crippen LogP contribution in [0.1, 0.15) is 28.3 Å². The SMILES string of the molecule is O=C(C=Cc1ccccc1)C1=C(O)C(=O)N(CCc2ccccc2)C1c1ccc(OCc2ccccc2)cc1. The van der Waals surface area contributed by atoms with Gasteiger partial charge in [-0.15, -0.1) is 0 Å². The van der Waals surface area contributed by atoms with E-state index in [1.165, 1.54) is 6.08 Å². The van der Waals surface area contributed by atoms with Crippen molar-refractivity contribution in [2.24, 2.45) is 0 Å². The monoisotopic (exact) mass is 515 g/mol. The Morgan fingerprint density at radius 2 is 1.38 bits per heavy atom. The highest BCUT2D eigenvalue weighted by molar-refractivity contribution is 6.14. The van der Waals surface area contributed by atoms with Gasteiger partial charge >= 0.3 is 0 Å². The molecule has 1 atom stereocenters. The van der Waals surface area contributed by atoms with Crippen molar-refractivity contribution in [3.8, 4) is 5.75 Å². The summed E-state index contributed by atoms with van der Waals surface area (Å²) in [7, 11) is 0. The maximum absolute atomic E-state index is 13.4. The van der Waals surface area contributed by atoms with Gasteiger partial charge in [-0.25, -0.2) is 0 Å². The summed E-state index contributed by atoms with van der Waals surface area (Å²) in [4.78, 5) is 28.2. The smallest absolute Gasteiger partial charge is 0.290 e. The average molecular weight is 516 g/mol. The number of carbonyl (C=O) groups excluding carboxylic acids is 2. The molecule has 1 aliphatic heterocycles. The summed E-state index contributed by atoms with van der Waals surface area (Å²) in [6, 6.07) is 35.8. The van der Waals surface area contributed by atoms with Gasteiger partial charge in [0, 0.05) is 6.54 Å². The van der Waals surface area contributed by atoms with Crippen LogP contribution in [0.5, 0.6) is 5.75 Å². The van der Waals surface area contributed by atoms with E-state index in [0.717, 1.165) is 22.3 Å². The molecule has 39 heavy (non-hydrogen) atoms. The number of aliphatic hydroxyl groups excluding tert-OH is 1. The van der Waals surface area contributed by atoms with E-state index < -0.39 is 23.5 Å². The molecule has 0 fully saturated rings. The highest BCUT2D eigenvalue weighted by atomic mass is 16.5. The van der Waals surface area contributed by atoms with Crippen LogP contribution in [-0.2, 0) is 22.6 Å². The van der Waals surface area contributed by atoms with Gasteiger partial charge in [-0.05, 0) is 46.9 Å². The molecule has 4 aromatic carbocycles. The van der Waals surface area contributed by atoms with Crippen molar-refractivity contribution in [2.45, 2.75) is 19.1 Å². The molecule has 1 aliphatic rings. The topological polar surface area (TPSA) is 66.8 Å². The molecule has 1 N–H and O–H groups in total. The van der Waals surface area contributed by atoms with Crippen molar-refractivity contribution in [3.05, 3.63) is 155 Å². The third-order valence-electron chi connectivity index (χ3n) is 6.72. The van der Waals surface area contributed by atoms with Crippen LogP contribution in [0.15, 0.2) is 133 Å². The molecular weight excluding hydrogens is 486 g/mol. The number of nitrogens with zero attached hydrogens (tertiary/aromatic N) is 1. The summed E-state index contributed by atoms with van der Waals surface area (Å²) in [5.74, 6) is -0.772. The minimum Gasteiger partial charge on any atom is -0.503 e. The minimum atomic E-state index is -0.711. The van der Waals surface area contributed by atoms with E-state index in [1.807, 2.05) is 115 Å². The maximum Gasteiger partial charge on any atom is 0.290 e. The zero-order valence-corrected chi connectivity index (χ0v) is 21.4. The quantitative estimate of drug-likeness (QED) is 0.245. The maximum atomic E-state index is 13.4. The largest absolute Gasteiger partial charge is 0.503 e. The first-order chi connectivity index (χ1) is 19.1. The van der Waals surface area contributed by atoms with Crippen LogP contribution in [-0.4, -0.2) is 28.2 Å². The van der Waals surface area contributed by atoms with Crippen molar-refractivity contribution in [2.75, 3.05) is 6.54 Å². The van der Waals surface area contributed by atoms with Gasteiger partial charge in [-0.2, -0.15) is 0 Å². The summed E-state index contributed by atoms with van der Waals surface area (Å²) >= 11 is 0. The van der Waals surface area contributed by atoms with Gasteiger partial charge < -0.3 is 14.7 Å². The van der Waals surface area contributed by atoms with Gasteiger partial charge in [-0.1, -0.05) is 109 Å². The second-order valence-corrected chi connectivity index (χ2v) is 9.35. The van der Waals surface area contributed by atoms with Crippen LogP contribution in [0.25, 0.3) is 6.08 Å². The van der Waals surface area contributed by atoms with Crippen molar-refractivity contribution in [3.63, 3.8) is 0 Å². The lowest BCUT2D eigenvalue weighted by atomic mass is 9.95. The molecule has 0 aromatic heterocycles. The van der Waals surface area contributed by atoms with Crippen molar-refractivity contribution in [1.82, 2.24) is 4.90 Å². The predicted octanol–water partition coefficient (Wildman–Crippen LogP) is 6.49. The van der Waals surface area contributed by atoms with E-state index in [1.54, 1.807) is 11.0 Å². The lowest BCUT2D eigenvalue weighted by Crippen LogP contribution is -2.33. The fourth-order valence-electron chi connectivity index (χ4n) is 4.69. The first-order valence-corrected chi connectivity index (χ1v) is 12.9. The summed E-state index contributed by atoms with van der Waals surface area (Å²) in [6.45, 7) is 0.781. The molecule has 0 saturated heterocycles. The van der Waals surface area contributed by atoms with Gasteiger partial charge in [0.1, 0.15) is 12.4 Å². The molecule has 5 nitrogen and oxygen atoms in total. The van der Waals surface area contributed by atoms with Crippen LogP contribution >= 0.6 is 0 Å². The summed E-state index contributed by atoms with van der Waals surface area (Å²) in [5.41, 5.74) is 3.78. The Labute approximate surface area is 228 Å². The van der Waals surface area contributed by atoms with E-state index in [9.17, 15) is 14.7 Å². The van der Waals surface area contributed by atoms with Crippen molar-refractivity contribution in [1.29, 1.82) is 0 Å². The zero-order valence-electron chi connectivity index (χ0n) is 21.4. The molecule has 1 amide bonds. The molecule has 0 aliphatic carbocycles.